The largest absolute Gasteiger partial charge is 0.435 e. The molecule has 0 aliphatic heterocycles. The summed E-state index contributed by atoms with van der Waals surface area (Å²) in [5.41, 5.74) is 0.899. The van der Waals surface area contributed by atoms with Gasteiger partial charge in [0.15, 0.2) is 0 Å². The molecule has 0 spiro atoms. The minimum atomic E-state index is -2.78. The van der Waals surface area contributed by atoms with Crippen LogP contribution in [0.3, 0.4) is 0 Å². The number of ether oxygens (including phenoxy) is 2. The van der Waals surface area contributed by atoms with Crippen molar-refractivity contribution in [2.75, 3.05) is 12.4 Å². The van der Waals surface area contributed by atoms with Gasteiger partial charge in [-0.25, -0.2) is 0 Å². The molecule has 1 fully saturated rings. The van der Waals surface area contributed by atoms with E-state index in [2.05, 4.69) is 10.1 Å². The third-order valence-electron chi connectivity index (χ3n) is 3.44. The van der Waals surface area contributed by atoms with Gasteiger partial charge in [-0.1, -0.05) is 12.8 Å². The molecular weight excluding hydrogens is 252 g/mol. The average Bonchev–Trinajstić information content (AvgIpc) is 2.41. The first-order chi connectivity index (χ1) is 9.19. The number of benzene rings is 1. The van der Waals surface area contributed by atoms with Crippen LogP contribution in [-0.4, -0.2) is 25.9 Å². The Labute approximate surface area is 111 Å². The summed E-state index contributed by atoms with van der Waals surface area (Å²) in [4.78, 5) is 0. The molecule has 106 valence electrons. The third kappa shape index (κ3) is 4.06. The molecule has 2 atom stereocenters. The van der Waals surface area contributed by atoms with Crippen molar-refractivity contribution in [2.45, 2.75) is 44.4 Å². The van der Waals surface area contributed by atoms with Crippen LogP contribution in [0.1, 0.15) is 25.7 Å². The van der Waals surface area contributed by atoms with E-state index in [1.54, 1.807) is 31.4 Å². The van der Waals surface area contributed by atoms with Gasteiger partial charge in [-0.15, -0.1) is 0 Å². The Morgan fingerprint density at radius 3 is 2.47 bits per heavy atom. The average molecular weight is 271 g/mol. The molecule has 0 radical (unpaired) electrons. The fraction of sp³-hybridized carbons (Fsp3) is 0.571. The first-order valence-electron chi connectivity index (χ1n) is 6.53. The van der Waals surface area contributed by atoms with Gasteiger partial charge in [0.1, 0.15) is 5.75 Å². The highest BCUT2D eigenvalue weighted by Gasteiger charge is 2.24. The minimum Gasteiger partial charge on any atom is -0.435 e. The fourth-order valence-corrected chi connectivity index (χ4v) is 2.49. The standard InChI is InChI=1S/C14H19F2NO2/c1-18-13-5-3-2-4-12(13)17-10-6-8-11(9-7-10)19-14(15)16/h6-9,12-14,17H,2-5H2,1H3. The zero-order chi connectivity index (χ0) is 13.7. The number of halogens is 2. The van der Waals surface area contributed by atoms with Crippen molar-refractivity contribution in [3.05, 3.63) is 24.3 Å². The highest BCUT2D eigenvalue weighted by molar-refractivity contribution is 5.47. The summed E-state index contributed by atoms with van der Waals surface area (Å²) in [6.45, 7) is -2.78. The van der Waals surface area contributed by atoms with Crippen molar-refractivity contribution < 1.29 is 18.3 Å². The summed E-state index contributed by atoms with van der Waals surface area (Å²) < 4.78 is 33.9. The molecular formula is C14H19F2NO2. The summed E-state index contributed by atoms with van der Waals surface area (Å²) in [6, 6.07) is 6.86. The van der Waals surface area contributed by atoms with E-state index in [-0.39, 0.29) is 17.9 Å². The highest BCUT2D eigenvalue weighted by atomic mass is 19.3. The summed E-state index contributed by atoms with van der Waals surface area (Å²) in [7, 11) is 1.73. The van der Waals surface area contributed by atoms with Gasteiger partial charge in [0, 0.05) is 12.8 Å². The molecule has 1 saturated carbocycles. The normalized spacial score (nSPS) is 23.4. The van der Waals surface area contributed by atoms with Crippen LogP contribution in [-0.2, 0) is 4.74 Å². The summed E-state index contributed by atoms with van der Waals surface area (Å²) in [5, 5.41) is 3.39. The lowest BCUT2D eigenvalue weighted by Crippen LogP contribution is -2.37. The molecule has 1 aromatic carbocycles. The van der Waals surface area contributed by atoms with Crippen molar-refractivity contribution in [3.63, 3.8) is 0 Å². The Morgan fingerprint density at radius 2 is 1.84 bits per heavy atom. The van der Waals surface area contributed by atoms with Crippen molar-refractivity contribution in [3.8, 4) is 5.75 Å². The smallest absolute Gasteiger partial charge is 0.387 e. The number of hydrogen-bond donors (Lipinski definition) is 1. The molecule has 0 heterocycles. The van der Waals surface area contributed by atoms with Crippen LogP contribution < -0.4 is 10.1 Å². The Hall–Kier alpha value is -1.36. The van der Waals surface area contributed by atoms with E-state index < -0.39 is 6.61 Å². The molecule has 5 heteroatoms. The first kappa shape index (κ1) is 14.1. The first-order valence-corrected chi connectivity index (χ1v) is 6.53. The zero-order valence-electron chi connectivity index (χ0n) is 10.9. The molecule has 1 aliphatic rings. The van der Waals surface area contributed by atoms with Crippen LogP contribution in [0.2, 0.25) is 0 Å². The summed E-state index contributed by atoms with van der Waals surface area (Å²) in [6.07, 6.45) is 4.71. The third-order valence-corrected chi connectivity index (χ3v) is 3.44. The maximum atomic E-state index is 12.0. The lowest BCUT2D eigenvalue weighted by molar-refractivity contribution is -0.0498. The van der Waals surface area contributed by atoms with Crippen LogP contribution in [0.25, 0.3) is 0 Å². The van der Waals surface area contributed by atoms with Crippen LogP contribution in [0.15, 0.2) is 24.3 Å². The monoisotopic (exact) mass is 271 g/mol. The van der Waals surface area contributed by atoms with E-state index in [1.165, 1.54) is 12.8 Å². The molecule has 3 nitrogen and oxygen atoms in total. The molecule has 1 N–H and O–H groups in total. The van der Waals surface area contributed by atoms with Crippen LogP contribution in [0.5, 0.6) is 5.75 Å². The van der Waals surface area contributed by atoms with Crippen LogP contribution >= 0.6 is 0 Å². The minimum absolute atomic E-state index is 0.174. The molecule has 2 rings (SSSR count). The Bertz CT molecular complexity index is 384. The van der Waals surface area contributed by atoms with E-state index >= 15 is 0 Å². The van der Waals surface area contributed by atoms with E-state index in [1.807, 2.05) is 0 Å². The second-order valence-electron chi connectivity index (χ2n) is 4.71. The second kappa shape index (κ2) is 6.70. The molecule has 1 aliphatic carbocycles. The van der Waals surface area contributed by atoms with Gasteiger partial charge < -0.3 is 14.8 Å². The lowest BCUT2D eigenvalue weighted by atomic mass is 9.92. The van der Waals surface area contributed by atoms with Crippen LogP contribution in [0, 0.1) is 0 Å². The van der Waals surface area contributed by atoms with Gasteiger partial charge in [-0.05, 0) is 37.1 Å². The number of anilines is 1. The fourth-order valence-electron chi connectivity index (χ4n) is 2.49. The number of methoxy groups -OCH3 is 1. The number of rotatable bonds is 5. The Morgan fingerprint density at radius 1 is 1.16 bits per heavy atom. The maximum Gasteiger partial charge on any atom is 0.387 e. The summed E-state index contributed by atoms with van der Waals surface area (Å²) >= 11 is 0. The SMILES string of the molecule is COC1CCCCC1Nc1ccc(OC(F)F)cc1. The van der Waals surface area contributed by atoms with Gasteiger partial charge >= 0.3 is 6.61 Å². The highest BCUT2D eigenvalue weighted by Crippen LogP contribution is 2.25. The maximum absolute atomic E-state index is 12.0. The van der Waals surface area contributed by atoms with E-state index in [9.17, 15) is 8.78 Å². The predicted octanol–water partition coefficient (Wildman–Crippen LogP) is 3.66. The molecule has 0 amide bonds. The van der Waals surface area contributed by atoms with E-state index in [4.69, 9.17) is 4.74 Å². The molecule has 0 aromatic heterocycles. The molecule has 0 saturated heterocycles. The quantitative estimate of drug-likeness (QED) is 0.886. The molecule has 0 bridgehead atoms. The Kier molecular flexibility index (Phi) is 4.96. The molecule has 1 aromatic rings. The van der Waals surface area contributed by atoms with Gasteiger partial charge in [-0.3, -0.25) is 0 Å². The summed E-state index contributed by atoms with van der Waals surface area (Å²) in [5.74, 6) is 0.174. The number of hydrogen-bond acceptors (Lipinski definition) is 3. The lowest BCUT2D eigenvalue weighted by Gasteiger charge is -2.31. The van der Waals surface area contributed by atoms with Crippen molar-refractivity contribution in [1.82, 2.24) is 0 Å². The topological polar surface area (TPSA) is 30.5 Å². The van der Waals surface area contributed by atoms with Gasteiger partial charge in [0.05, 0.1) is 12.1 Å². The zero-order valence-corrected chi connectivity index (χ0v) is 10.9. The van der Waals surface area contributed by atoms with Gasteiger partial charge in [0.25, 0.3) is 0 Å². The number of nitrogens with one attached hydrogen (secondary N) is 1. The predicted molar refractivity (Wildman–Crippen MR) is 69.7 cm³/mol. The molecule has 19 heavy (non-hydrogen) atoms. The second-order valence-corrected chi connectivity index (χ2v) is 4.71. The van der Waals surface area contributed by atoms with Crippen molar-refractivity contribution in [2.24, 2.45) is 0 Å². The van der Waals surface area contributed by atoms with E-state index in [0.29, 0.717) is 0 Å². The van der Waals surface area contributed by atoms with E-state index in [0.717, 1.165) is 18.5 Å². The van der Waals surface area contributed by atoms with Crippen LogP contribution in [0.4, 0.5) is 14.5 Å². The van der Waals surface area contributed by atoms with Crippen molar-refractivity contribution in [1.29, 1.82) is 0 Å². The van der Waals surface area contributed by atoms with Gasteiger partial charge in [-0.2, -0.15) is 8.78 Å². The van der Waals surface area contributed by atoms with Crippen molar-refractivity contribution >= 4 is 5.69 Å². The van der Waals surface area contributed by atoms with Gasteiger partial charge in [0.2, 0.25) is 0 Å². The Balaban J connectivity index is 1.94. The molecule has 2 unspecified atom stereocenters. The number of alkyl halides is 2.